The second kappa shape index (κ2) is 12.7. The Kier molecular flexibility index (Phi) is 10.1. The highest BCUT2D eigenvalue weighted by atomic mass is 127. The Morgan fingerprint density at radius 3 is 2.19 bits per heavy atom. The molecule has 3 aromatic carbocycles. The van der Waals surface area contributed by atoms with Gasteiger partial charge in [-0.2, -0.15) is 0 Å². The standard InChI is InChI=1S/C31H35BrN2O2.HI/c1-34(2,3)20-19-31(35,18-17-23-11-7-5-8-12-23)29(24-13-9-6-10-14-24)27-22-25-21-26(32)15-16-28(25)33-30(27)36-4;/h5-16,21-22,29H,17-20H2,1-4H3;1H. The summed E-state index contributed by atoms with van der Waals surface area (Å²) in [7, 11) is 8.07. The molecule has 0 radical (unpaired) electrons. The van der Waals surface area contributed by atoms with Gasteiger partial charge in [-0.25, -0.2) is 4.98 Å². The van der Waals surface area contributed by atoms with Crippen LogP contribution in [-0.2, 0) is 6.42 Å². The van der Waals surface area contributed by atoms with E-state index in [0.29, 0.717) is 18.7 Å². The lowest BCUT2D eigenvalue weighted by Crippen LogP contribution is -2.53. The number of ether oxygens (including phenoxy) is 1. The van der Waals surface area contributed by atoms with Gasteiger partial charge in [-0.1, -0.05) is 88.6 Å². The molecule has 37 heavy (non-hydrogen) atoms. The Morgan fingerprint density at radius 2 is 1.57 bits per heavy atom. The van der Waals surface area contributed by atoms with E-state index in [2.05, 4.69) is 73.5 Å². The fourth-order valence-electron chi connectivity index (χ4n) is 4.87. The minimum absolute atomic E-state index is 0. The summed E-state index contributed by atoms with van der Waals surface area (Å²) in [4.78, 5) is 4.84. The van der Waals surface area contributed by atoms with Gasteiger partial charge in [0.15, 0.2) is 0 Å². The van der Waals surface area contributed by atoms with Crippen molar-refractivity contribution < 1.29 is 14.3 Å². The summed E-state index contributed by atoms with van der Waals surface area (Å²) >= 11 is 3.59. The molecule has 196 valence electrons. The molecule has 6 heteroatoms. The molecule has 0 aliphatic rings. The number of pyridine rings is 1. The van der Waals surface area contributed by atoms with Gasteiger partial charge in [0, 0.05) is 21.3 Å². The Labute approximate surface area is 246 Å². The molecule has 0 aliphatic carbocycles. The highest BCUT2D eigenvalue weighted by molar-refractivity contribution is 14.0. The van der Waals surface area contributed by atoms with Crippen molar-refractivity contribution in [1.82, 2.24) is 4.98 Å². The van der Waals surface area contributed by atoms with Crippen molar-refractivity contribution in [1.29, 1.82) is 0 Å². The van der Waals surface area contributed by atoms with E-state index in [1.54, 1.807) is 7.11 Å². The van der Waals surface area contributed by atoms with Crippen LogP contribution < -0.4 is 9.84 Å². The highest BCUT2D eigenvalue weighted by Gasteiger charge is 2.34. The molecule has 0 fully saturated rings. The molecule has 0 saturated heterocycles. The number of quaternary nitrogens is 1. The number of halogens is 2. The molecule has 0 amide bonds. The summed E-state index contributed by atoms with van der Waals surface area (Å²) in [5.41, 5.74) is 2.60. The third kappa shape index (κ3) is 7.53. The van der Waals surface area contributed by atoms with Crippen molar-refractivity contribution in [3.8, 4) is 5.88 Å². The Bertz CT molecular complexity index is 1300. The number of aryl methyl sites for hydroxylation is 1. The first kappa shape index (κ1) is 29.6. The number of methoxy groups -OCH3 is 1. The van der Waals surface area contributed by atoms with Gasteiger partial charge in [0.2, 0.25) is 5.88 Å². The quantitative estimate of drug-likeness (QED) is 0.141. The molecule has 2 atom stereocenters. The second-order valence-corrected chi connectivity index (χ2v) is 11.5. The topological polar surface area (TPSA) is 45.2 Å². The first-order valence-electron chi connectivity index (χ1n) is 12.4. The molecule has 0 spiro atoms. The van der Waals surface area contributed by atoms with Crippen LogP contribution in [0.25, 0.3) is 10.9 Å². The van der Waals surface area contributed by atoms with Crippen LogP contribution in [0.1, 0.15) is 35.4 Å². The van der Waals surface area contributed by atoms with Gasteiger partial charge in [-0.15, -0.1) is 24.0 Å². The third-order valence-corrected chi connectivity index (χ3v) is 7.31. The Hall–Kier alpha value is -2.00. The van der Waals surface area contributed by atoms with Gasteiger partial charge >= 0.3 is 0 Å². The summed E-state index contributed by atoms with van der Waals surface area (Å²) in [6.07, 6.45) is 1.76. The summed E-state index contributed by atoms with van der Waals surface area (Å²) in [6, 6.07) is 28.6. The number of hydrogen-bond acceptors (Lipinski definition) is 3. The van der Waals surface area contributed by atoms with Crippen LogP contribution >= 0.6 is 39.9 Å². The zero-order valence-electron chi connectivity index (χ0n) is 22.0. The normalized spacial score (nSPS) is 14.0. The van der Waals surface area contributed by atoms with E-state index in [4.69, 9.17) is 9.72 Å². The Morgan fingerprint density at radius 1 is 0.919 bits per heavy atom. The van der Waals surface area contributed by atoms with Crippen LogP contribution in [0.3, 0.4) is 0 Å². The molecule has 1 aromatic heterocycles. The minimum atomic E-state index is -1.27. The predicted octanol–water partition coefficient (Wildman–Crippen LogP) is 6.58. The van der Waals surface area contributed by atoms with E-state index in [9.17, 15) is 0 Å². The first-order valence-corrected chi connectivity index (χ1v) is 13.2. The summed E-state index contributed by atoms with van der Waals surface area (Å²) in [5.74, 6) is 0.101. The molecular formula is C31H36BrIN2O2. The molecule has 4 aromatic rings. The van der Waals surface area contributed by atoms with E-state index in [1.807, 2.05) is 48.5 Å². The number of rotatable bonds is 10. The van der Waals surface area contributed by atoms with E-state index in [-0.39, 0.29) is 24.0 Å². The van der Waals surface area contributed by atoms with Crippen molar-refractivity contribution >= 4 is 50.8 Å². The average molecular weight is 675 g/mol. The Balaban J connectivity index is 0.00000380. The van der Waals surface area contributed by atoms with Crippen LogP contribution in [0.4, 0.5) is 0 Å². The van der Waals surface area contributed by atoms with Crippen LogP contribution in [0.5, 0.6) is 5.88 Å². The molecule has 1 heterocycles. The average Bonchev–Trinajstić information content (AvgIpc) is 2.87. The largest absolute Gasteiger partial charge is 0.849 e. The minimum Gasteiger partial charge on any atom is -0.849 e. The second-order valence-electron chi connectivity index (χ2n) is 10.6. The lowest BCUT2D eigenvalue weighted by molar-refractivity contribution is -0.872. The molecule has 4 rings (SSSR count). The van der Waals surface area contributed by atoms with E-state index in [0.717, 1.165) is 44.0 Å². The van der Waals surface area contributed by atoms with Crippen molar-refractivity contribution in [2.75, 3.05) is 34.8 Å². The summed E-state index contributed by atoms with van der Waals surface area (Å²) in [5, 5.41) is 16.2. The van der Waals surface area contributed by atoms with Gasteiger partial charge in [0.1, 0.15) is 0 Å². The van der Waals surface area contributed by atoms with Gasteiger partial charge in [-0.05, 0) is 48.2 Å². The molecular weight excluding hydrogens is 639 g/mol. The number of benzene rings is 3. The fourth-order valence-corrected chi connectivity index (χ4v) is 5.25. The highest BCUT2D eigenvalue weighted by Crippen LogP contribution is 2.43. The number of nitrogens with zero attached hydrogens (tertiary/aromatic N) is 2. The van der Waals surface area contributed by atoms with Crippen molar-refractivity contribution in [3.63, 3.8) is 0 Å². The van der Waals surface area contributed by atoms with E-state index in [1.165, 1.54) is 5.56 Å². The summed E-state index contributed by atoms with van der Waals surface area (Å²) < 4.78 is 7.54. The van der Waals surface area contributed by atoms with Crippen molar-refractivity contribution in [2.24, 2.45) is 0 Å². The van der Waals surface area contributed by atoms with Crippen LogP contribution in [-0.4, -0.2) is 49.9 Å². The lowest BCUT2D eigenvalue weighted by Gasteiger charge is -2.49. The smallest absolute Gasteiger partial charge is 0.217 e. The predicted molar refractivity (Wildman–Crippen MR) is 165 cm³/mol. The van der Waals surface area contributed by atoms with Gasteiger partial charge in [0.25, 0.3) is 0 Å². The maximum absolute atomic E-state index is 15.2. The van der Waals surface area contributed by atoms with Crippen molar-refractivity contribution in [2.45, 2.75) is 30.8 Å². The van der Waals surface area contributed by atoms with Gasteiger partial charge < -0.3 is 14.3 Å². The maximum Gasteiger partial charge on any atom is 0.217 e. The lowest BCUT2D eigenvalue weighted by atomic mass is 9.72. The fraction of sp³-hybridized carbons (Fsp3) is 0.323. The molecule has 4 nitrogen and oxygen atoms in total. The van der Waals surface area contributed by atoms with E-state index < -0.39 is 11.5 Å². The SMILES string of the molecule is COc1nc2ccc(Br)cc2cc1C(c1ccccc1)C([O-])(CCc1ccccc1)CC[N+](C)(C)C.I. The maximum atomic E-state index is 15.2. The zero-order valence-corrected chi connectivity index (χ0v) is 25.9. The molecule has 0 bridgehead atoms. The molecule has 0 saturated carbocycles. The van der Waals surface area contributed by atoms with Crippen LogP contribution in [0.15, 0.2) is 89.4 Å². The number of hydrogen-bond donors (Lipinski definition) is 0. The van der Waals surface area contributed by atoms with Crippen LogP contribution in [0.2, 0.25) is 0 Å². The van der Waals surface area contributed by atoms with Gasteiger partial charge in [-0.3, -0.25) is 0 Å². The molecule has 0 N–H and O–H groups in total. The number of aromatic nitrogens is 1. The van der Waals surface area contributed by atoms with Crippen LogP contribution in [0, 0.1) is 0 Å². The van der Waals surface area contributed by atoms with Gasteiger partial charge in [0.05, 0.1) is 40.3 Å². The van der Waals surface area contributed by atoms with E-state index >= 15 is 5.11 Å². The third-order valence-electron chi connectivity index (χ3n) is 6.82. The van der Waals surface area contributed by atoms with Crippen molar-refractivity contribution in [3.05, 3.63) is 106 Å². The first-order chi connectivity index (χ1) is 17.2. The molecule has 2 unspecified atom stereocenters. The zero-order chi connectivity index (χ0) is 25.8. The molecule has 0 aliphatic heterocycles. The monoisotopic (exact) mass is 674 g/mol. The summed E-state index contributed by atoms with van der Waals surface area (Å²) in [6.45, 7) is 0.774. The number of fused-ring (bicyclic) bond motifs is 1.